The van der Waals surface area contributed by atoms with Gasteiger partial charge in [-0.25, -0.2) is 0 Å². The minimum Gasteiger partial charge on any atom is -0.345 e. The van der Waals surface area contributed by atoms with Crippen molar-refractivity contribution in [1.82, 2.24) is 31.3 Å². The van der Waals surface area contributed by atoms with Gasteiger partial charge in [0.2, 0.25) is 5.91 Å². The zero-order valence-corrected chi connectivity index (χ0v) is 9.23. The SMILES string of the molecule is CC(NC(=O)[C@@H]1CCCCN1)c1nn[nH]n1. The van der Waals surface area contributed by atoms with Crippen LogP contribution in [0.25, 0.3) is 0 Å². The van der Waals surface area contributed by atoms with Crippen LogP contribution in [0.1, 0.15) is 38.1 Å². The summed E-state index contributed by atoms with van der Waals surface area (Å²) in [4.78, 5) is 11.8. The van der Waals surface area contributed by atoms with Crippen molar-refractivity contribution in [2.75, 3.05) is 6.54 Å². The molecule has 0 radical (unpaired) electrons. The van der Waals surface area contributed by atoms with Gasteiger partial charge in [-0.15, -0.1) is 10.2 Å². The zero-order chi connectivity index (χ0) is 11.4. The Labute approximate surface area is 93.4 Å². The molecule has 1 aliphatic rings. The maximum absolute atomic E-state index is 11.8. The fourth-order valence-electron chi connectivity index (χ4n) is 1.81. The highest BCUT2D eigenvalue weighted by molar-refractivity contribution is 5.82. The Kier molecular flexibility index (Phi) is 3.45. The predicted octanol–water partition coefficient (Wildman–Crippen LogP) is -0.481. The lowest BCUT2D eigenvalue weighted by Crippen LogP contribution is -2.47. The Morgan fingerprint density at radius 3 is 3.06 bits per heavy atom. The van der Waals surface area contributed by atoms with Crippen molar-refractivity contribution in [2.45, 2.75) is 38.3 Å². The van der Waals surface area contributed by atoms with Crippen LogP contribution in [0.5, 0.6) is 0 Å². The molecular weight excluding hydrogens is 208 g/mol. The standard InChI is InChI=1S/C9H16N6O/c1-6(8-12-14-15-13-8)11-9(16)7-4-2-3-5-10-7/h6-7,10H,2-5H2,1H3,(H,11,16)(H,12,13,14,15)/t6?,7-/m0/s1. The van der Waals surface area contributed by atoms with E-state index in [0.717, 1.165) is 25.8 Å². The Morgan fingerprint density at radius 1 is 1.56 bits per heavy atom. The number of hydrogen-bond donors (Lipinski definition) is 3. The molecule has 0 saturated carbocycles. The van der Waals surface area contributed by atoms with Crippen molar-refractivity contribution in [2.24, 2.45) is 0 Å². The van der Waals surface area contributed by atoms with Crippen LogP contribution >= 0.6 is 0 Å². The minimum atomic E-state index is -0.213. The first kappa shape index (κ1) is 11.0. The Balaban J connectivity index is 1.86. The predicted molar refractivity (Wildman–Crippen MR) is 56.4 cm³/mol. The van der Waals surface area contributed by atoms with Crippen molar-refractivity contribution in [3.8, 4) is 0 Å². The first-order chi connectivity index (χ1) is 7.77. The number of hydrogen-bond acceptors (Lipinski definition) is 5. The van der Waals surface area contributed by atoms with Gasteiger partial charge in [0.05, 0.1) is 12.1 Å². The summed E-state index contributed by atoms with van der Waals surface area (Å²) in [7, 11) is 0. The van der Waals surface area contributed by atoms with E-state index in [0.29, 0.717) is 5.82 Å². The van der Waals surface area contributed by atoms with Crippen LogP contribution < -0.4 is 10.6 Å². The fourth-order valence-corrected chi connectivity index (χ4v) is 1.81. The molecule has 1 aromatic heterocycles. The molecule has 1 fully saturated rings. The Hall–Kier alpha value is -1.50. The summed E-state index contributed by atoms with van der Waals surface area (Å²) in [6.07, 6.45) is 3.14. The summed E-state index contributed by atoms with van der Waals surface area (Å²) >= 11 is 0. The van der Waals surface area contributed by atoms with Crippen LogP contribution in [0.15, 0.2) is 0 Å². The van der Waals surface area contributed by atoms with E-state index < -0.39 is 0 Å². The number of aromatic amines is 1. The van der Waals surface area contributed by atoms with Crippen molar-refractivity contribution in [1.29, 1.82) is 0 Å². The van der Waals surface area contributed by atoms with E-state index >= 15 is 0 Å². The number of tetrazole rings is 1. The first-order valence-electron chi connectivity index (χ1n) is 5.54. The monoisotopic (exact) mass is 224 g/mol. The highest BCUT2D eigenvalue weighted by Gasteiger charge is 2.23. The molecule has 1 aromatic rings. The number of nitrogens with one attached hydrogen (secondary N) is 3. The summed E-state index contributed by atoms with van der Waals surface area (Å²) < 4.78 is 0. The molecule has 2 rings (SSSR count). The molecule has 0 bridgehead atoms. The number of piperidine rings is 1. The van der Waals surface area contributed by atoms with Crippen molar-refractivity contribution < 1.29 is 4.79 Å². The van der Waals surface area contributed by atoms with Gasteiger partial charge in [0.15, 0.2) is 5.82 Å². The third-order valence-corrected chi connectivity index (χ3v) is 2.73. The molecule has 0 spiro atoms. The van der Waals surface area contributed by atoms with Crippen LogP contribution in [0.4, 0.5) is 0 Å². The van der Waals surface area contributed by atoms with Crippen LogP contribution in [0.3, 0.4) is 0 Å². The molecular formula is C9H16N6O. The molecule has 7 nitrogen and oxygen atoms in total. The molecule has 1 amide bonds. The summed E-state index contributed by atoms with van der Waals surface area (Å²) in [6, 6.07) is -0.293. The van der Waals surface area contributed by atoms with Gasteiger partial charge in [-0.2, -0.15) is 5.21 Å². The summed E-state index contributed by atoms with van der Waals surface area (Å²) in [6.45, 7) is 2.75. The average Bonchev–Trinajstić information content (AvgIpc) is 2.83. The van der Waals surface area contributed by atoms with Crippen LogP contribution in [0, 0.1) is 0 Å². The van der Waals surface area contributed by atoms with E-state index in [4.69, 9.17) is 0 Å². The quantitative estimate of drug-likeness (QED) is 0.644. The zero-order valence-electron chi connectivity index (χ0n) is 9.23. The Bertz CT molecular complexity index is 332. The van der Waals surface area contributed by atoms with E-state index in [1.165, 1.54) is 0 Å². The molecule has 2 atom stereocenters. The van der Waals surface area contributed by atoms with Crippen LogP contribution in [0.2, 0.25) is 0 Å². The van der Waals surface area contributed by atoms with Gasteiger partial charge in [-0.1, -0.05) is 11.6 Å². The number of aromatic nitrogens is 4. The maximum atomic E-state index is 11.8. The number of rotatable bonds is 3. The third kappa shape index (κ3) is 2.54. The van der Waals surface area contributed by atoms with Gasteiger partial charge in [-0.05, 0) is 26.3 Å². The van der Waals surface area contributed by atoms with E-state index in [-0.39, 0.29) is 18.0 Å². The van der Waals surface area contributed by atoms with E-state index in [1.54, 1.807) is 0 Å². The van der Waals surface area contributed by atoms with Gasteiger partial charge in [0.1, 0.15) is 0 Å². The second-order valence-corrected chi connectivity index (χ2v) is 4.00. The third-order valence-electron chi connectivity index (χ3n) is 2.73. The number of nitrogens with zero attached hydrogens (tertiary/aromatic N) is 3. The topological polar surface area (TPSA) is 95.6 Å². The number of H-pyrrole nitrogens is 1. The summed E-state index contributed by atoms with van der Waals surface area (Å²) in [5, 5.41) is 19.5. The highest BCUT2D eigenvalue weighted by atomic mass is 16.2. The largest absolute Gasteiger partial charge is 0.345 e. The molecule has 0 aliphatic carbocycles. The number of amides is 1. The van der Waals surface area contributed by atoms with E-state index in [2.05, 4.69) is 31.3 Å². The van der Waals surface area contributed by atoms with Gasteiger partial charge < -0.3 is 10.6 Å². The number of carbonyl (C=O) groups excluding carboxylic acids is 1. The minimum absolute atomic E-state index is 0.0111. The smallest absolute Gasteiger partial charge is 0.237 e. The van der Waals surface area contributed by atoms with E-state index in [1.807, 2.05) is 6.92 Å². The molecule has 1 saturated heterocycles. The number of carbonyl (C=O) groups is 1. The van der Waals surface area contributed by atoms with Gasteiger partial charge in [0, 0.05) is 0 Å². The molecule has 16 heavy (non-hydrogen) atoms. The normalized spacial score (nSPS) is 22.7. The van der Waals surface area contributed by atoms with Crippen molar-refractivity contribution in [3.63, 3.8) is 0 Å². The first-order valence-corrected chi connectivity index (χ1v) is 5.54. The fraction of sp³-hybridized carbons (Fsp3) is 0.778. The molecule has 3 N–H and O–H groups in total. The second-order valence-electron chi connectivity index (χ2n) is 4.00. The van der Waals surface area contributed by atoms with Gasteiger partial charge in [0.25, 0.3) is 0 Å². The molecule has 1 aliphatic heterocycles. The summed E-state index contributed by atoms with van der Waals surface area (Å²) in [5.41, 5.74) is 0. The van der Waals surface area contributed by atoms with Crippen molar-refractivity contribution in [3.05, 3.63) is 5.82 Å². The van der Waals surface area contributed by atoms with Crippen LogP contribution in [-0.4, -0.2) is 39.1 Å². The summed E-state index contributed by atoms with van der Waals surface area (Å²) in [5.74, 6) is 0.515. The molecule has 2 heterocycles. The average molecular weight is 224 g/mol. The molecule has 88 valence electrons. The molecule has 7 heteroatoms. The lowest BCUT2D eigenvalue weighted by atomic mass is 10.0. The molecule has 0 aromatic carbocycles. The maximum Gasteiger partial charge on any atom is 0.237 e. The van der Waals surface area contributed by atoms with Crippen LogP contribution in [-0.2, 0) is 4.79 Å². The Morgan fingerprint density at radius 2 is 2.44 bits per heavy atom. The van der Waals surface area contributed by atoms with E-state index in [9.17, 15) is 4.79 Å². The highest BCUT2D eigenvalue weighted by Crippen LogP contribution is 2.09. The lowest BCUT2D eigenvalue weighted by Gasteiger charge is -2.23. The van der Waals surface area contributed by atoms with Crippen molar-refractivity contribution >= 4 is 5.91 Å². The van der Waals surface area contributed by atoms with Gasteiger partial charge in [-0.3, -0.25) is 4.79 Å². The van der Waals surface area contributed by atoms with Gasteiger partial charge >= 0.3 is 0 Å². The molecule has 1 unspecified atom stereocenters. The second kappa shape index (κ2) is 5.02. The lowest BCUT2D eigenvalue weighted by molar-refractivity contribution is -0.124.